The Bertz CT molecular complexity index is 446. The highest BCUT2D eigenvalue weighted by atomic mass is 32.1. The van der Waals surface area contributed by atoms with Gasteiger partial charge in [0, 0.05) is 18.1 Å². The van der Waals surface area contributed by atoms with Gasteiger partial charge in [-0.2, -0.15) is 0 Å². The molecule has 0 unspecified atom stereocenters. The first-order valence-corrected chi connectivity index (χ1v) is 4.78. The van der Waals surface area contributed by atoms with Gasteiger partial charge >= 0.3 is 12.0 Å². The van der Waals surface area contributed by atoms with Crippen LogP contribution in [-0.4, -0.2) is 19.1 Å². The van der Waals surface area contributed by atoms with Gasteiger partial charge in [0.15, 0.2) is 0 Å². The molecule has 0 bridgehead atoms. The van der Waals surface area contributed by atoms with Gasteiger partial charge in [-0.05, 0) is 24.6 Å². The van der Waals surface area contributed by atoms with Crippen LogP contribution in [-0.2, 0) is 17.2 Å². The van der Waals surface area contributed by atoms with Gasteiger partial charge in [0.05, 0.1) is 12.7 Å². The van der Waals surface area contributed by atoms with Crippen molar-refractivity contribution in [3.8, 4) is 0 Å². The van der Waals surface area contributed by atoms with Crippen LogP contribution in [0, 0.1) is 6.92 Å². The topological polar surface area (TPSA) is 67.8 Å². The minimum Gasteiger partial charge on any atom is -0.465 e. The Kier molecular flexibility index (Phi) is 4.07. The Labute approximate surface area is 98.0 Å². The summed E-state index contributed by atoms with van der Waals surface area (Å²) in [5.74, 6) is -0.467. The first-order valence-electron chi connectivity index (χ1n) is 4.41. The number of methoxy groups -OCH3 is 1. The quantitative estimate of drug-likeness (QED) is 0.800. The van der Waals surface area contributed by atoms with Gasteiger partial charge in [-0.15, -0.1) is 4.36 Å². The number of benzene rings is 1. The Morgan fingerprint density at radius 1 is 1.44 bits per heavy atom. The van der Waals surface area contributed by atoms with E-state index < -0.39 is 12.0 Å². The van der Waals surface area contributed by atoms with Crippen LogP contribution in [0.5, 0.6) is 0 Å². The van der Waals surface area contributed by atoms with E-state index in [1.807, 2.05) is 0 Å². The fraction of sp³-hybridized carbons (Fsp3) is 0.200. The zero-order valence-corrected chi connectivity index (χ0v) is 9.63. The number of carbonyl (C=O) groups excluding carboxylic acids is 2. The van der Waals surface area contributed by atoms with Crippen molar-refractivity contribution in [2.75, 3.05) is 12.4 Å². The lowest BCUT2D eigenvalue weighted by molar-refractivity contribution is 0.0600. The molecule has 0 heterocycles. The maximum Gasteiger partial charge on any atom is 0.356 e. The van der Waals surface area contributed by atoms with Crippen molar-refractivity contribution in [1.82, 2.24) is 0 Å². The van der Waals surface area contributed by atoms with E-state index in [4.69, 9.17) is 0 Å². The van der Waals surface area contributed by atoms with Crippen molar-refractivity contribution in [3.05, 3.63) is 29.3 Å². The number of aryl methyl sites for hydroxylation is 1. The Balaban J connectivity index is 3.03. The fourth-order valence-corrected chi connectivity index (χ4v) is 1.19. The van der Waals surface area contributed by atoms with Gasteiger partial charge in [0.1, 0.15) is 0 Å². The molecule has 0 atom stereocenters. The van der Waals surface area contributed by atoms with Crippen LogP contribution < -0.4 is 5.32 Å². The summed E-state index contributed by atoms with van der Waals surface area (Å²) in [5, 5.41) is 2.46. The molecule has 1 N–H and O–H groups in total. The standard InChI is InChI=1S/C10H10N2O3S/c1-6-3-4-7(9(13)15-2)5-8(6)11-10(14)12-16/h3-5H,1-2H3,(H,11,14). The van der Waals surface area contributed by atoms with Crippen molar-refractivity contribution in [3.63, 3.8) is 0 Å². The molecule has 1 aromatic rings. The van der Waals surface area contributed by atoms with E-state index in [-0.39, 0.29) is 0 Å². The van der Waals surface area contributed by atoms with Gasteiger partial charge in [-0.3, -0.25) is 0 Å². The number of esters is 1. The molecule has 0 radical (unpaired) electrons. The average Bonchev–Trinajstić information content (AvgIpc) is 2.30. The average molecular weight is 238 g/mol. The van der Waals surface area contributed by atoms with Crippen molar-refractivity contribution in [1.29, 1.82) is 0 Å². The number of ether oxygens (including phenoxy) is 1. The van der Waals surface area contributed by atoms with E-state index in [9.17, 15) is 9.59 Å². The lowest BCUT2D eigenvalue weighted by atomic mass is 10.1. The van der Waals surface area contributed by atoms with Crippen molar-refractivity contribution < 1.29 is 14.3 Å². The molecule has 0 spiro atoms. The van der Waals surface area contributed by atoms with Crippen LogP contribution in [0.2, 0.25) is 0 Å². The highest BCUT2D eigenvalue weighted by Gasteiger charge is 2.09. The third kappa shape index (κ3) is 2.83. The largest absolute Gasteiger partial charge is 0.465 e. The summed E-state index contributed by atoms with van der Waals surface area (Å²) in [7, 11) is 1.29. The highest BCUT2D eigenvalue weighted by molar-refractivity contribution is 7.47. The normalized spacial score (nSPS) is 9.38. The maximum atomic E-state index is 11.3. The van der Waals surface area contributed by atoms with Crippen molar-refractivity contribution in [2.24, 2.45) is 4.36 Å². The molecule has 0 aliphatic carbocycles. The van der Waals surface area contributed by atoms with E-state index in [0.29, 0.717) is 11.3 Å². The van der Waals surface area contributed by atoms with Gasteiger partial charge in [0.25, 0.3) is 0 Å². The summed E-state index contributed by atoms with van der Waals surface area (Å²) < 4.78 is 7.60. The Morgan fingerprint density at radius 2 is 2.12 bits per heavy atom. The summed E-state index contributed by atoms with van der Waals surface area (Å²) in [5.41, 5.74) is 1.65. The predicted octanol–water partition coefficient (Wildman–Crippen LogP) is 2.04. The molecule has 2 amide bonds. The first kappa shape index (κ1) is 12.3. The van der Waals surface area contributed by atoms with E-state index in [2.05, 4.69) is 26.8 Å². The van der Waals surface area contributed by atoms with Crippen LogP contribution in [0.15, 0.2) is 22.6 Å². The number of hydrogen-bond acceptors (Lipinski definition) is 4. The molecular weight excluding hydrogens is 228 g/mol. The molecule has 1 rings (SSSR count). The zero-order chi connectivity index (χ0) is 12.1. The van der Waals surface area contributed by atoms with Crippen LogP contribution in [0.4, 0.5) is 10.5 Å². The summed E-state index contributed by atoms with van der Waals surface area (Å²) in [6.45, 7) is 1.79. The highest BCUT2D eigenvalue weighted by Crippen LogP contribution is 2.17. The second kappa shape index (κ2) is 5.32. The number of carbonyl (C=O) groups is 2. The Morgan fingerprint density at radius 3 is 2.69 bits per heavy atom. The lowest BCUT2D eigenvalue weighted by Crippen LogP contribution is -2.08. The molecule has 0 fully saturated rings. The van der Waals surface area contributed by atoms with Crippen molar-refractivity contribution >= 4 is 30.1 Å². The summed E-state index contributed by atoms with van der Waals surface area (Å²) in [6.07, 6.45) is 0. The first-order chi connectivity index (χ1) is 7.58. The van der Waals surface area contributed by atoms with Gasteiger partial charge in [-0.1, -0.05) is 6.07 Å². The number of amides is 2. The predicted molar refractivity (Wildman–Crippen MR) is 61.3 cm³/mol. The van der Waals surface area contributed by atoms with Gasteiger partial charge in [-0.25, -0.2) is 9.59 Å². The molecule has 5 nitrogen and oxygen atoms in total. The molecule has 0 saturated heterocycles. The molecule has 1 aromatic carbocycles. The molecule has 0 aromatic heterocycles. The number of urea groups is 1. The molecule has 84 valence electrons. The summed E-state index contributed by atoms with van der Waals surface area (Å²) in [4.78, 5) is 22.2. The smallest absolute Gasteiger partial charge is 0.356 e. The van der Waals surface area contributed by atoms with Crippen LogP contribution in [0.1, 0.15) is 15.9 Å². The second-order valence-electron chi connectivity index (χ2n) is 3.04. The summed E-state index contributed by atoms with van der Waals surface area (Å²) in [6, 6.07) is 4.19. The SMILES string of the molecule is COC(=O)c1ccc(C)c(NC(=O)N=S)c1. The van der Waals surface area contributed by atoms with Gasteiger partial charge < -0.3 is 10.1 Å². The van der Waals surface area contributed by atoms with E-state index in [1.54, 1.807) is 19.1 Å². The van der Waals surface area contributed by atoms with Crippen molar-refractivity contribution in [2.45, 2.75) is 6.92 Å². The number of anilines is 1. The van der Waals surface area contributed by atoms with E-state index in [0.717, 1.165) is 5.56 Å². The minimum absolute atomic E-state index is 0.354. The number of nitrogens with zero attached hydrogens (tertiary/aromatic N) is 1. The zero-order valence-electron chi connectivity index (χ0n) is 8.81. The van der Waals surface area contributed by atoms with Crippen LogP contribution >= 0.6 is 0 Å². The maximum absolute atomic E-state index is 11.3. The minimum atomic E-state index is -0.639. The monoisotopic (exact) mass is 238 g/mol. The fourth-order valence-electron chi connectivity index (χ4n) is 1.14. The molecule has 0 saturated carbocycles. The molecule has 0 aliphatic rings. The number of nitrogens with one attached hydrogen (secondary N) is 1. The Hall–Kier alpha value is -1.82. The molecule has 6 heteroatoms. The molecule has 0 aliphatic heterocycles. The van der Waals surface area contributed by atoms with Crippen LogP contribution in [0.3, 0.4) is 0 Å². The number of rotatable bonds is 2. The third-order valence-electron chi connectivity index (χ3n) is 1.98. The molecular formula is C10H10N2O3S. The lowest BCUT2D eigenvalue weighted by Gasteiger charge is -2.07. The number of hydrogen-bond donors (Lipinski definition) is 1. The summed E-state index contributed by atoms with van der Waals surface area (Å²) >= 11 is 4.25. The van der Waals surface area contributed by atoms with E-state index in [1.165, 1.54) is 13.2 Å². The molecule has 16 heavy (non-hydrogen) atoms. The van der Waals surface area contributed by atoms with Crippen LogP contribution in [0.25, 0.3) is 0 Å². The van der Waals surface area contributed by atoms with Gasteiger partial charge in [0.2, 0.25) is 0 Å². The second-order valence-corrected chi connectivity index (χ2v) is 3.23. The third-order valence-corrected chi connectivity index (χ3v) is 2.15. The van der Waals surface area contributed by atoms with E-state index >= 15 is 0 Å².